The lowest BCUT2D eigenvalue weighted by atomic mass is 10.2. The predicted octanol–water partition coefficient (Wildman–Crippen LogP) is -0.483. The van der Waals surface area contributed by atoms with E-state index in [4.69, 9.17) is 5.11 Å². The van der Waals surface area contributed by atoms with Crippen LogP contribution in [0.2, 0.25) is 0 Å². The van der Waals surface area contributed by atoms with Crippen LogP contribution in [0, 0.1) is 0 Å². The van der Waals surface area contributed by atoms with Crippen LogP contribution in [0.25, 0.3) is 0 Å². The van der Waals surface area contributed by atoms with E-state index < -0.39 is 6.10 Å². The molecular formula is C9H15NO3. The standard InChI is InChI=1S/C9H15NO3/c1-2-3-9(13)10-5-8(12)4-7(10)6-11/h2-3,7-8,11-12H,4-6H2,1H3/b3-2+/t7-,8-/m0/s1. The Kier molecular flexibility index (Phi) is 3.45. The molecule has 1 saturated heterocycles. The highest BCUT2D eigenvalue weighted by Crippen LogP contribution is 2.17. The first-order valence-electron chi connectivity index (χ1n) is 4.41. The second kappa shape index (κ2) is 4.39. The smallest absolute Gasteiger partial charge is 0.246 e. The number of aliphatic hydroxyl groups is 2. The van der Waals surface area contributed by atoms with Gasteiger partial charge in [0, 0.05) is 6.54 Å². The van der Waals surface area contributed by atoms with Crippen molar-refractivity contribution < 1.29 is 15.0 Å². The summed E-state index contributed by atoms with van der Waals surface area (Å²) in [5.41, 5.74) is 0. The third-order valence-corrected chi connectivity index (χ3v) is 2.20. The van der Waals surface area contributed by atoms with Crippen LogP contribution in [-0.4, -0.2) is 46.3 Å². The second-order valence-corrected chi connectivity index (χ2v) is 3.22. The number of amides is 1. The Morgan fingerprint density at radius 3 is 2.92 bits per heavy atom. The van der Waals surface area contributed by atoms with E-state index in [0.29, 0.717) is 13.0 Å². The first-order valence-corrected chi connectivity index (χ1v) is 4.41. The molecule has 4 nitrogen and oxygen atoms in total. The van der Waals surface area contributed by atoms with Crippen LogP contribution in [0.5, 0.6) is 0 Å². The average molecular weight is 185 g/mol. The van der Waals surface area contributed by atoms with Crippen LogP contribution in [0.1, 0.15) is 13.3 Å². The van der Waals surface area contributed by atoms with Gasteiger partial charge in [0.2, 0.25) is 5.91 Å². The molecule has 0 spiro atoms. The van der Waals surface area contributed by atoms with E-state index in [2.05, 4.69) is 0 Å². The molecule has 0 aromatic rings. The summed E-state index contributed by atoms with van der Waals surface area (Å²) in [4.78, 5) is 12.9. The number of rotatable bonds is 2. The number of hydrogen-bond acceptors (Lipinski definition) is 3. The molecule has 1 rings (SSSR count). The number of carbonyl (C=O) groups is 1. The van der Waals surface area contributed by atoms with Gasteiger partial charge in [-0.3, -0.25) is 4.79 Å². The number of likely N-dealkylation sites (tertiary alicyclic amines) is 1. The highest BCUT2D eigenvalue weighted by atomic mass is 16.3. The Labute approximate surface area is 77.5 Å². The molecule has 0 bridgehead atoms. The third kappa shape index (κ3) is 2.29. The van der Waals surface area contributed by atoms with Gasteiger partial charge in [-0.25, -0.2) is 0 Å². The summed E-state index contributed by atoms with van der Waals surface area (Å²) in [6.07, 6.45) is 3.08. The van der Waals surface area contributed by atoms with E-state index in [9.17, 15) is 9.90 Å². The Bertz CT molecular complexity index is 215. The van der Waals surface area contributed by atoms with Crippen molar-refractivity contribution in [3.63, 3.8) is 0 Å². The van der Waals surface area contributed by atoms with Crippen molar-refractivity contribution in [3.8, 4) is 0 Å². The molecule has 0 radical (unpaired) electrons. The first kappa shape index (κ1) is 10.2. The van der Waals surface area contributed by atoms with Crippen LogP contribution in [0.15, 0.2) is 12.2 Å². The zero-order chi connectivity index (χ0) is 9.84. The van der Waals surface area contributed by atoms with Gasteiger partial charge in [0.15, 0.2) is 0 Å². The molecule has 4 heteroatoms. The van der Waals surface area contributed by atoms with Crippen molar-refractivity contribution in [1.29, 1.82) is 0 Å². The quantitative estimate of drug-likeness (QED) is 0.571. The highest BCUT2D eigenvalue weighted by molar-refractivity contribution is 5.88. The van der Waals surface area contributed by atoms with Crippen molar-refractivity contribution >= 4 is 5.91 Å². The normalized spacial score (nSPS) is 28.7. The molecule has 0 aromatic carbocycles. The maximum atomic E-state index is 11.4. The van der Waals surface area contributed by atoms with Crippen molar-refractivity contribution in [2.75, 3.05) is 13.2 Å². The van der Waals surface area contributed by atoms with Gasteiger partial charge in [-0.15, -0.1) is 0 Å². The Balaban J connectivity index is 2.62. The van der Waals surface area contributed by atoms with Gasteiger partial charge in [-0.1, -0.05) is 6.08 Å². The SMILES string of the molecule is C/C=C/C(=O)N1C[C@@H](O)C[C@H]1CO. The minimum atomic E-state index is -0.494. The van der Waals surface area contributed by atoms with Crippen molar-refractivity contribution in [2.24, 2.45) is 0 Å². The monoisotopic (exact) mass is 185 g/mol. The highest BCUT2D eigenvalue weighted by Gasteiger charge is 2.32. The topological polar surface area (TPSA) is 60.8 Å². The average Bonchev–Trinajstić information content (AvgIpc) is 2.47. The van der Waals surface area contributed by atoms with Crippen LogP contribution < -0.4 is 0 Å². The molecule has 74 valence electrons. The van der Waals surface area contributed by atoms with Gasteiger partial charge < -0.3 is 15.1 Å². The molecule has 2 atom stereocenters. The largest absolute Gasteiger partial charge is 0.394 e. The van der Waals surface area contributed by atoms with Crippen molar-refractivity contribution in [3.05, 3.63) is 12.2 Å². The van der Waals surface area contributed by atoms with Gasteiger partial charge in [-0.2, -0.15) is 0 Å². The molecule has 1 aliphatic rings. The number of β-amino-alcohol motifs (C(OH)–C–C–N with tert-alkyl or cyclic N) is 1. The van der Waals surface area contributed by atoms with Crippen molar-refractivity contribution in [1.82, 2.24) is 4.90 Å². The molecule has 2 N–H and O–H groups in total. The zero-order valence-corrected chi connectivity index (χ0v) is 7.68. The third-order valence-electron chi connectivity index (χ3n) is 2.20. The lowest BCUT2D eigenvalue weighted by Crippen LogP contribution is -2.36. The maximum Gasteiger partial charge on any atom is 0.246 e. The Morgan fingerprint density at radius 2 is 2.38 bits per heavy atom. The van der Waals surface area contributed by atoms with E-state index in [1.165, 1.54) is 11.0 Å². The fourth-order valence-electron chi connectivity index (χ4n) is 1.57. The van der Waals surface area contributed by atoms with E-state index in [1.54, 1.807) is 13.0 Å². The van der Waals surface area contributed by atoms with E-state index >= 15 is 0 Å². The van der Waals surface area contributed by atoms with Crippen LogP contribution in [0.4, 0.5) is 0 Å². The molecule has 0 unspecified atom stereocenters. The fourth-order valence-corrected chi connectivity index (χ4v) is 1.57. The van der Waals surface area contributed by atoms with Crippen LogP contribution in [0.3, 0.4) is 0 Å². The molecule has 0 saturated carbocycles. The van der Waals surface area contributed by atoms with Gasteiger partial charge >= 0.3 is 0 Å². The second-order valence-electron chi connectivity index (χ2n) is 3.22. The summed E-state index contributed by atoms with van der Waals surface area (Å²) in [5.74, 6) is -0.141. The summed E-state index contributed by atoms with van der Waals surface area (Å²) in [6, 6.07) is -0.223. The van der Waals surface area contributed by atoms with Gasteiger partial charge in [-0.05, 0) is 19.4 Å². The molecule has 13 heavy (non-hydrogen) atoms. The molecule has 0 aliphatic carbocycles. The number of hydrogen-bond donors (Lipinski definition) is 2. The summed E-state index contributed by atoms with van der Waals surface area (Å²) in [5, 5.41) is 18.2. The van der Waals surface area contributed by atoms with Gasteiger partial charge in [0.05, 0.1) is 18.8 Å². The molecule has 1 amide bonds. The fraction of sp³-hybridized carbons (Fsp3) is 0.667. The van der Waals surface area contributed by atoms with Crippen molar-refractivity contribution in [2.45, 2.75) is 25.5 Å². The summed E-state index contributed by atoms with van der Waals surface area (Å²) >= 11 is 0. The lowest BCUT2D eigenvalue weighted by Gasteiger charge is -2.20. The number of carbonyl (C=O) groups excluding carboxylic acids is 1. The Hall–Kier alpha value is -0.870. The maximum absolute atomic E-state index is 11.4. The van der Waals surface area contributed by atoms with Crippen LogP contribution in [-0.2, 0) is 4.79 Å². The number of allylic oxidation sites excluding steroid dienone is 1. The zero-order valence-electron chi connectivity index (χ0n) is 7.68. The lowest BCUT2D eigenvalue weighted by molar-refractivity contribution is -0.127. The van der Waals surface area contributed by atoms with E-state index in [1.807, 2.05) is 0 Å². The minimum absolute atomic E-state index is 0.0830. The molecule has 0 aromatic heterocycles. The first-order chi connectivity index (χ1) is 6.19. The summed E-state index contributed by atoms with van der Waals surface area (Å²) in [7, 11) is 0. The van der Waals surface area contributed by atoms with E-state index in [0.717, 1.165) is 0 Å². The summed E-state index contributed by atoms with van der Waals surface area (Å²) in [6.45, 7) is 2.01. The van der Waals surface area contributed by atoms with Gasteiger partial charge in [0.1, 0.15) is 0 Å². The Morgan fingerprint density at radius 1 is 1.69 bits per heavy atom. The number of aliphatic hydroxyl groups excluding tert-OH is 2. The van der Waals surface area contributed by atoms with E-state index in [-0.39, 0.29) is 18.6 Å². The van der Waals surface area contributed by atoms with Crippen LogP contribution >= 0.6 is 0 Å². The molecule has 1 aliphatic heterocycles. The molecular weight excluding hydrogens is 170 g/mol. The van der Waals surface area contributed by atoms with Gasteiger partial charge in [0.25, 0.3) is 0 Å². The minimum Gasteiger partial charge on any atom is -0.394 e. The molecule has 1 fully saturated rings. The predicted molar refractivity (Wildman–Crippen MR) is 48.0 cm³/mol. The summed E-state index contributed by atoms with van der Waals surface area (Å²) < 4.78 is 0. The number of nitrogens with zero attached hydrogens (tertiary/aromatic N) is 1. The molecule has 1 heterocycles.